The van der Waals surface area contributed by atoms with Crippen LogP contribution in [0.1, 0.15) is 32.0 Å². The van der Waals surface area contributed by atoms with Gasteiger partial charge >= 0.3 is 0 Å². The van der Waals surface area contributed by atoms with Crippen molar-refractivity contribution in [2.24, 2.45) is 0 Å². The summed E-state index contributed by atoms with van der Waals surface area (Å²) < 4.78 is 5.07. The second-order valence-electron chi connectivity index (χ2n) is 2.74. The molecule has 0 N–H and O–H groups in total. The van der Waals surface area contributed by atoms with Crippen molar-refractivity contribution < 1.29 is 4.52 Å². The van der Waals surface area contributed by atoms with Gasteiger partial charge in [-0.2, -0.15) is 0 Å². The lowest BCUT2D eigenvalue weighted by Gasteiger charge is -1.90. The molecular weight excluding hydrogens is 188 g/mol. The van der Waals surface area contributed by atoms with Crippen LogP contribution in [0.15, 0.2) is 16.9 Å². The fraction of sp³-hybridized carbons (Fsp3) is 0.333. The van der Waals surface area contributed by atoms with Crippen LogP contribution in [0, 0.1) is 18.8 Å². The van der Waals surface area contributed by atoms with Crippen LogP contribution >= 0.6 is 0 Å². The molecule has 3 heteroatoms. The fourth-order valence-corrected chi connectivity index (χ4v) is 1.26. The second-order valence-corrected chi connectivity index (χ2v) is 2.74. The van der Waals surface area contributed by atoms with Gasteiger partial charge < -0.3 is 4.52 Å². The molecule has 0 bridgehead atoms. The van der Waals surface area contributed by atoms with E-state index in [-0.39, 0.29) is 0 Å². The Morgan fingerprint density at radius 2 is 2.00 bits per heavy atom. The van der Waals surface area contributed by atoms with Crippen molar-refractivity contribution in [1.29, 1.82) is 0 Å². The van der Waals surface area contributed by atoms with Gasteiger partial charge in [0.15, 0.2) is 11.3 Å². The number of pyridine rings is 1. The Morgan fingerprint density at radius 1 is 1.27 bits per heavy atom. The largest absolute Gasteiger partial charge is 0.353 e. The zero-order valence-corrected chi connectivity index (χ0v) is 9.46. The summed E-state index contributed by atoms with van der Waals surface area (Å²) in [6, 6.07) is 0. The quantitative estimate of drug-likeness (QED) is 0.616. The first-order valence-electron chi connectivity index (χ1n) is 4.95. The molecule has 0 aliphatic rings. The van der Waals surface area contributed by atoms with E-state index in [2.05, 4.69) is 22.0 Å². The molecule has 3 nitrogen and oxygen atoms in total. The van der Waals surface area contributed by atoms with Crippen molar-refractivity contribution in [3.8, 4) is 11.8 Å². The number of aromatic nitrogens is 2. The lowest BCUT2D eigenvalue weighted by Crippen LogP contribution is -1.80. The highest BCUT2D eigenvalue weighted by molar-refractivity contribution is 5.84. The minimum absolute atomic E-state index is 0.692. The minimum atomic E-state index is 0.692. The van der Waals surface area contributed by atoms with Crippen molar-refractivity contribution in [2.45, 2.75) is 27.7 Å². The molecule has 0 fully saturated rings. The monoisotopic (exact) mass is 202 g/mol. The molecule has 15 heavy (non-hydrogen) atoms. The molecule has 2 heterocycles. The molecule has 0 radical (unpaired) electrons. The van der Waals surface area contributed by atoms with E-state index in [1.807, 2.05) is 20.8 Å². The van der Waals surface area contributed by atoms with Crippen LogP contribution in [0.5, 0.6) is 0 Å². The third kappa shape index (κ3) is 2.16. The van der Waals surface area contributed by atoms with Gasteiger partial charge in [0, 0.05) is 6.20 Å². The Hall–Kier alpha value is -1.82. The van der Waals surface area contributed by atoms with E-state index in [9.17, 15) is 0 Å². The Morgan fingerprint density at radius 3 is 2.67 bits per heavy atom. The Labute approximate surface area is 89.5 Å². The highest BCUT2D eigenvalue weighted by atomic mass is 16.5. The summed E-state index contributed by atoms with van der Waals surface area (Å²) in [6.45, 7) is 7.74. The number of fused-ring (bicyclic) bond motifs is 1. The summed E-state index contributed by atoms with van der Waals surface area (Å²) in [7, 11) is 0. The highest BCUT2D eigenvalue weighted by Gasteiger charge is 2.07. The Bertz CT molecular complexity index is 503. The van der Waals surface area contributed by atoms with Crippen LogP contribution in [-0.4, -0.2) is 10.1 Å². The zero-order chi connectivity index (χ0) is 11.3. The number of hydrogen-bond acceptors (Lipinski definition) is 3. The topological polar surface area (TPSA) is 38.9 Å². The van der Waals surface area contributed by atoms with E-state index < -0.39 is 0 Å². The van der Waals surface area contributed by atoms with Crippen LogP contribution in [0.3, 0.4) is 0 Å². The van der Waals surface area contributed by atoms with Gasteiger partial charge in [0.1, 0.15) is 0 Å². The minimum Gasteiger partial charge on any atom is -0.353 e. The lowest BCUT2D eigenvalue weighted by molar-refractivity contribution is 0.453. The van der Waals surface area contributed by atoms with Gasteiger partial charge in [-0.25, -0.2) is 0 Å². The third-order valence-electron chi connectivity index (χ3n) is 1.82. The van der Waals surface area contributed by atoms with E-state index in [0.29, 0.717) is 11.3 Å². The standard InChI is InChI=1S/C10H8N2O.C2H6/c1-3-4-8-10-7(2)5-11-6-9(10)13-12-8;1-2/h5-6H,1-2H3;1-2H3. The summed E-state index contributed by atoms with van der Waals surface area (Å²) in [6.07, 6.45) is 3.43. The zero-order valence-electron chi connectivity index (χ0n) is 9.46. The molecule has 0 saturated carbocycles. The van der Waals surface area contributed by atoms with Crippen molar-refractivity contribution in [3.63, 3.8) is 0 Å². The molecule has 0 aliphatic carbocycles. The van der Waals surface area contributed by atoms with Crippen molar-refractivity contribution in [2.75, 3.05) is 0 Å². The molecule has 0 amide bonds. The first-order valence-corrected chi connectivity index (χ1v) is 4.95. The SMILES string of the molecule is CC.CC#Cc1noc2cncc(C)c12. The van der Waals surface area contributed by atoms with Gasteiger partial charge in [0.25, 0.3) is 0 Å². The van der Waals surface area contributed by atoms with Crippen molar-refractivity contribution >= 4 is 11.0 Å². The fourth-order valence-electron chi connectivity index (χ4n) is 1.26. The van der Waals surface area contributed by atoms with Crippen LogP contribution in [-0.2, 0) is 0 Å². The summed E-state index contributed by atoms with van der Waals surface area (Å²) in [5, 5.41) is 4.82. The molecule has 0 spiro atoms. The van der Waals surface area contributed by atoms with Gasteiger partial charge in [-0.05, 0) is 25.3 Å². The van der Waals surface area contributed by atoms with Gasteiger partial charge in [-0.15, -0.1) is 0 Å². The Kier molecular flexibility index (Phi) is 3.87. The van der Waals surface area contributed by atoms with Gasteiger partial charge in [0.05, 0.1) is 11.6 Å². The maximum atomic E-state index is 5.07. The second kappa shape index (κ2) is 5.16. The van der Waals surface area contributed by atoms with Crippen LogP contribution in [0.4, 0.5) is 0 Å². The molecule has 0 aliphatic heterocycles. The van der Waals surface area contributed by atoms with E-state index in [4.69, 9.17) is 4.52 Å². The highest BCUT2D eigenvalue weighted by Crippen LogP contribution is 2.19. The number of aryl methyl sites for hydroxylation is 1. The van der Waals surface area contributed by atoms with Crippen molar-refractivity contribution in [1.82, 2.24) is 10.1 Å². The van der Waals surface area contributed by atoms with E-state index in [1.54, 1.807) is 19.3 Å². The normalized spacial score (nSPS) is 8.80. The molecule has 0 saturated heterocycles. The average molecular weight is 202 g/mol. The maximum Gasteiger partial charge on any atom is 0.186 e. The molecular formula is C12H14N2O. The predicted molar refractivity (Wildman–Crippen MR) is 60.4 cm³/mol. The van der Waals surface area contributed by atoms with Gasteiger partial charge in [0.2, 0.25) is 0 Å². The number of nitrogens with zero attached hydrogens (tertiary/aromatic N) is 2. The average Bonchev–Trinajstić information content (AvgIpc) is 2.67. The molecule has 0 unspecified atom stereocenters. The molecule has 0 atom stereocenters. The molecule has 0 aromatic carbocycles. The molecule has 78 valence electrons. The summed E-state index contributed by atoms with van der Waals surface area (Å²) in [4.78, 5) is 4.00. The van der Waals surface area contributed by atoms with Gasteiger partial charge in [-0.3, -0.25) is 4.98 Å². The van der Waals surface area contributed by atoms with Crippen molar-refractivity contribution in [3.05, 3.63) is 23.7 Å². The lowest BCUT2D eigenvalue weighted by atomic mass is 10.1. The van der Waals surface area contributed by atoms with E-state index >= 15 is 0 Å². The predicted octanol–water partition coefficient (Wildman–Crippen LogP) is 2.93. The first kappa shape index (κ1) is 11.3. The van der Waals surface area contributed by atoms with Crippen LogP contribution in [0.2, 0.25) is 0 Å². The maximum absolute atomic E-state index is 5.07. The molecule has 2 aromatic rings. The molecule has 2 aromatic heterocycles. The Balaban J connectivity index is 0.000000531. The van der Waals surface area contributed by atoms with E-state index in [1.165, 1.54) is 0 Å². The van der Waals surface area contributed by atoms with Crippen LogP contribution in [0.25, 0.3) is 11.0 Å². The van der Waals surface area contributed by atoms with E-state index in [0.717, 1.165) is 10.9 Å². The molecule has 2 rings (SSSR count). The van der Waals surface area contributed by atoms with Gasteiger partial charge in [-0.1, -0.05) is 24.9 Å². The number of hydrogen-bond donors (Lipinski definition) is 0. The summed E-state index contributed by atoms with van der Waals surface area (Å²) in [5.74, 6) is 5.69. The third-order valence-corrected chi connectivity index (χ3v) is 1.82. The summed E-state index contributed by atoms with van der Waals surface area (Å²) >= 11 is 0. The van der Waals surface area contributed by atoms with Crippen LogP contribution < -0.4 is 0 Å². The number of rotatable bonds is 0. The summed E-state index contributed by atoms with van der Waals surface area (Å²) in [5.41, 5.74) is 2.42. The first-order chi connectivity index (χ1) is 7.33. The smallest absolute Gasteiger partial charge is 0.186 e.